The van der Waals surface area contributed by atoms with Gasteiger partial charge in [0.25, 0.3) is 0 Å². The molecule has 0 amide bonds. The fourth-order valence-electron chi connectivity index (χ4n) is 6.73. The van der Waals surface area contributed by atoms with Crippen LogP contribution in [0.4, 0.5) is 0 Å². The molecule has 0 aromatic heterocycles. The van der Waals surface area contributed by atoms with Crippen LogP contribution in [0.25, 0.3) is 0 Å². The van der Waals surface area contributed by atoms with E-state index in [4.69, 9.17) is 0 Å². The van der Waals surface area contributed by atoms with E-state index < -0.39 is 0 Å². The topological polar surface area (TPSA) is 0 Å². The van der Waals surface area contributed by atoms with Gasteiger partial charge in [-0.2, -0.15) is 0 Å². The maximum absolute atomic E-state index is 1.64. The summed E-state index contributed by atoms with van der Waals surface area (Å²) in [4.78, 5) is 0. The molecule has 4 fully saturated rings. The third kappa shape index (κ3) is 2.38. The summed E-state index contributed by atoms with van der Waals surface area (Å²) >= 11 is 0. The summed E-state index contributed by atoms with van der Waals surface area (Å²) in [5.74, 6) is 6.93. The van der Waals surface area contributed by atoms with Gasteiger partial charge in [-0.25, -0.2) is 0 Å². The van der Waals surface area contributed by atoms with Crippen LogP contribution in [0.2, 0.25) is 0 Å². The first-order valence-corrected chi connectivity index (χ1v) is 9.42. The van der Waals surface area contributed by atoms with Crippen molar-refractivity contribution in [1.82, 2.24) is 0 Å². The third-order valence-corrected chi connectivity index (χ3v) is 7.56. The fraction of sp³-hybridized carbons (Fsp3) is 1.00. The molecule has 0 bridgehead atoms. The first-order chi connectivity index (χ1) is 9.42. The second-order valence-corrected chi connectivity index (χ2v) is 8.33. The Balaban J connectivity index is 1.40. The van der Waals surface area contributed by atoms with Gasteiger partial charge in [0.2, 0.25) is 0 Å². The van der Waals surface area contributed by atoms with Gasteiger partial charge in [-0.05, 0) is 67.6 Å². The Labute approximate surface area is 119 Å². The molecule has 0 aliphatic heterocycles. The predicted octanol–water partition coefficient (Wildman–Crippen LogP) is 5.81. The van der Waals surface area contributed by atoms with E-state index in [9.17, 15) is 0 Å². The molecule has 4 saturated carbocycles. The molecule has 0 spiro atoms. The van der Waals surface area contributed by atoms with Gasteiger partial charge < -0.3 is 0 Å². The molecule has 0 nitrogen and oxygen atoms in total. The van der Waals surface area contributed by atoms with Gasteiger partial charge in [0, 0.05) is 0 Å². The molecule has 108 valence electrons. The highest BCUT2D eigenvalue weighted by atomic mass is 14.5. The number of hydrogen-bond donors (Lipinski definition) is 0. The second kappa shape index (κ2) is 5.41. The number of fused-ring (bicyclic) bond motifs is 2. The van der Waals surface area contributed by atoms with Crippen molar-refractivity contribution in [3.05, 3.63) is 0 Å². The minimum Gasteiger partial charge on any atom is -0.0530 e. The van der Waals surface area contributed by atoms with Crippen LogP contribution in [0.1, 0.15) is 83.5 Å². The first-order valence-electron chi connectivity index (χ1n) is 9.42. The highest BCUT2D eigenvalue weighted by Gasteiger charge is 2.42. The van der Waals surface area contributed by atoms with Gasteiger partial charge in [0.05, 0.1) is 0 Å². The van der Waals surface area contributed by atoms with E-state index in [0.717, 1.165) is 35.5 Å². The molecule has 6 atom stereocenters. The number of rotatable bonds is 2. The Kier molecular flexibility index (Phi) is 3.62. The molecule has 4 aliphatic rings. The van der Waals surface area contributed by atoms with Crippen LogP contribution < -0.4 is 0 Å². The zero-order valence-electron chi connectivity index (χ0n) is 12.7. The molecule has 0 radical (unpaired) electrons. The monoisotopic (exact) mass is 260 g/mol. The molecular formula is C19H32. The van der Waals surface area contributed by atoms with Crippen LogP contribution in [0.15, 0.2) is 0 Å². The Morgan fingerprint density at radius 1 is 0.474 bits per heavy atom. The highest BCUT2D eigenvalue weighted by Crippen LogP contribution is 2.52. The second-order valence-electron chi connectivity index (χ2n) is 8.33. The maximum atomic E-state index is 1.64. The molecule has 0 heteroatoms. The van der Waals surface area contributed by atoms with Crippen molar-refractivity contribution in [3.63, 3.8) is 0 Å². The molecular weight excluding hydrogens is 228 g/mol. The van der Waals surface area contributed by atoms with Crippen molar-refractivity contribution in [1.29, 1.82) is 0 Å². The lowest BCUT2D eigenvalue weighted by Crippen LogP contribution is -2.28. The van der Waals surface area contributed by atoms with Gasteiger partial charge in [0.15, 0.2) is 0 Å². The van der Waals surface area contributed by atoms with Crippen LogP contribution in [-0.4, -0.2) is 0 Å². The van der Waals surface area contributed by atoms with E-state index in [1.165, 1.54) is 0 Å². The van der Waals surface area contributed by atoms with Crippen molar-refractivity contribution < 1.29 is 0 Å². The summed E-state index contributed by atoms with van der Waals surface area (Å²) in [6.07, 6.45) is 20.6. The summed E-state index contributed by atoms with van der Waals surface area (Å²) in [6, 6.07) is 0. The molecule has 0 N–H and O–H groups in total. The normalized spacial score (nSPS) is 49.9. The first kappa shape index (κ1) is 12.7. The van der Waals surface area contributed by atoms with Crippen LogP contribution in [0.5, 0.6) is 0 Å². The maximum Gasteiger partial charge on any atom is -0.0357 e. The number of hydrogen-bond acceptors (Lipinski definition) is 0. The van der Waals surface area contributed by atoms with Crippen LogP contribution in [0, 0.1) is 35.5 Å². The summed E-state index contributed by atoms with van der Waals surface area (Å²) in [5, 5.41) is 0. The summed E-state index contributed by atoms with van der Waals surface area (Å²) in [6.45, 7) is 0. The standard InChI is InChI=1S/C19H32/c1-2-9-18-15(5-1)11-12-17(18)13-16-8-3-6-14-7-4-10-19(14)16/h14-19H,1-13H2. The lowest BCUT2D eigenvalue weighted by atomic mass is 9.68. The van der Waals surface area contributed by atoms with E-state index in [-0.39, 0.29) is 0 Å². The Bertz CT molecular complexity index is 307. The zero-order valence-corrected chi connectivity index (χ0v) is 12.7. The lowest BCUT2D eigenvalue weighted by molar-refractivity contribution is 0.126. The van der Waals surface area contributed by atoms with Gasteiger partial charge >= 0.3 is 0 Å². The smallest absolute Gasteiger partial charge is 0.0357 e. The molecule has 0 saturated heterocycles. The van der Waals surface area contributed by atoms with Gasteiger partial charge in [-0.1, -0.05) is 51.4 Å². The van der Waals surface area contributed by atoms with Gasteiger partial charge in [-0.3, -0.25) is 0 Å². The van der Waals surface area contributed by atoms with E-state index in [1.807, 2.05) is 0 Å². The van der Waals surface area contributed by atoms with Crippen LogP contribution in [0.3, 0.4) is 0 Å². The Morgan fingerprint density at radius 2 is 1.05 bits per heavy atom. The van der Waals surface area contributed by atoms with E-state index in [1.54, 1.807) is 83.5 Å². The van der Waals surface area contributed by atoms with Crippen LogP contribution in [-0.2, 0) is 0 Å². The molecule has 4 aliphatic carbocycles. The molecule has 19 heavy (non-hydrogen) atoms. The van der Waals surface area contributed by atoms with Crippen molar-refractivity contribution in [2.75, 3.05) is 0 Å². The quantitative estimate of drug-likeness (QED) is 0.588. The Morgan fingerprint density at radius 3 is 1.95 bits per heavy atom. The van der Waals surface area contributed by atoms with Crippen molar-refractivity contribution >= 4 is 0 Å². The molecule has 0 aromatic rings. The molecule has 0 heterocycles. The fourth-order valence-corrected chi connectivity index (χ4v) is 6.73. The average molecular weight is 260 g/mol. The lowest BCUT2D eigenvalue weighted by Gasteiger charge is -2.37. The average Bonchev–Trinajstić information content (AvgIpc) is 3.06. The Hall–Kier alpha value is 0. The molecule has 4 rings (SSSR count). The van der Waals surface area contributed by atoms with Crippen molar-refractivity contribution in [2.45, 2.75) is 83.5 Å². The third-order valence-electron chi connectivity index (χ3n) is 7.56. The summed E-state index contributed by atoms with van der Waals surface area (Å²) in [5.41, 5.74) is 0. The van der Waals surface area contributed by atoms with Crippen molar-refractivity contribution in [3.8, 4) is 0 Å². The van der Waals surface area contributed by atoms with E-state index in [2.05, 4.69) is 0 Å². The predicted molar refractivity (Wildman–Crippen MR) is 81.0 cm³/mol. The summed E-state index contributed by atoms with van der Waals surface area (Å²) < 4.78 is 0. The zero-order chi connectivity index (χ0) is 12.7. The van der Waals surface area contributed by atoms with E-state index in [0.29, 0.717) is 0 Å². The van der Waals surface area contributed by atoms with E-state index >= 15 is 0 Å². The summed E-state index contributed by atoms with van der Waals surface area (Å²) in [7, 11) is 0. The minimum absolute atomic E-state index is 1.15. The highest BCUT2D eigenvalue weighted by molar-refractivity contribution is 4.92. The molecule has 6 unspecified atom stereocenters. The SMILES string of the molecule is C1CCC2C(C1)CCC2CC1CCCC2CCCC21. The van der Waals surface area contributed by atoms with Crippen molar-refractivity contribution in [2.24, 2.45) is 35.5 Å². The largest absolute Gasteiger partial charge is 0.0530 e. The van der Waals surface area contributed by atoms with Gasteiger partial charge in [-0.15, -0.1) is 0 Å². The van der Waals surface area contributed by atoms with Gasteiger partial charge in [0.1, 0.15) is 0 Å². The molecule has 0 aromatic carbocycles. The van der Waals surface area contributed by atoms with Crippen LogP contribution >= 0.6 is 0 Å². The minimum atomic E-state index is 1.15.